The number of nitrogens with one attached hydrogen (secondary N) is 2. The Hall–Kier alpha value is -2.48. The van der Waals surface area contributed by atoms with E-state index >= 15 is 0 Å². The van der Waals surface area contributed by atoms with E-state index in [0.29, 0.717) is 24.6 Å². The molecule has 0 atom stereocenters. The second kappa shape index (κ2) is 8.64. The minimum Gasteiger partial charge on any atom is -0.356 e. The maximum absolute atomic E-state index is 11.9. The fourth-order valence-electron chi connectivity index (χ4n) is 1.80. The smallest absolute Gasteiger partial charge is 0.253 e. The fourth-order valence-corrected chi connectivity index (χ4v) is 1.80. The Kier molecular flexibility index (Phi) is 6.82. The van der Waals surface area contributed by atoms with Crippen molar-refractivity contribution in [1.82, 2.24) is 15.5 Å². The van der Waals surface area contributed by atoms with Gasteiger partial charge in [-0.3, -0.25) is 9.79 Å². The molecule has 112 valence electrons. The van der Waals surface area contributed by atoms with Gasteiger partial charge in [-0.25, -0.2) is 0 Å². The zero-order chi connectivity index (χ0) is 15.7. The van der Waals surface area contributed by atoms with Gasteiger partial charge >= 0.3 is 0 Å². The Bertz CT molecular complexity index is 543. The van der Waals surface area contributed by atoms with E-state index in [4.69, 9.17) is 6.42 Å². The van der Waals surface area contributed by atoms with Crippen molar-refractivity contribution in [3.05, 3.63) is 35.4 Å². The van der Waals surface area contributed by atoms with Crippen LogP contribution in [0.5, 0.6) is 0 Å². The first-order valence-corrected chi connectivity index (χ1v) is 6.77. The lowest BCUT2D eigenvalue weighted by Crippen LogP contribution is -2.38. The Morgan fingerprint density at radius 1 is 1.38 bits per heavy atom. The van der Waals surface area contributed by atoms with Crippen molar-refractivity contribution in [2.75, 3.05) is 34.2 Å². The minimum absolute atomic E-state index is 0.0105. The van der Waals surface area contributed by atoms with Gasteiger partial charge in [-0.1, -0.05) is 18.1 Å². The molecule has 1 amide bonds. The molecule has 0 aliphatic heterocycles. The van der Waals surface area contributed by atoms with Crippen LogP contribution in [0.15, 0.2) is 29.3 Å². The molecule has 0 saturated carbocycles. The fraction of sp³-hybridized carbons (Fsp3) is 0.375. The highest BCUT2D eigenvalue weighted by atomic mass is 16.2. The van der Waals surface area contributed by atoms with Crippen LogP contribution in [0.3, 0.4) is 0 Å². The minimum atomic E-state index is 0.0105. The lowest BCUT2D eigenvalue weighted by atomic mass is 10.1. The number of hydrogen-bond donors (Lipinski definition) is 2. The van der Waals surface area contributed by atoms with Crippen molar-refractivity contribution in [3.63, 3.8) is 0 Å². The third kappa shape index (κ3) is 5.57. The molecule has 0 saturated heterocycles. The third-order valence-corrected chi connectivity index (χ3v) is 2.87. The van der Waals surface area contributed by atoms with E-state index in [1.54, 1.807) is 26.0 Å². The molecule has 2 N–H and O–H groups in total. The number of carbonyl (C=O) groups is 1. The van der Waals surface area contributed by atoms with Gasteiger partial charge in [-0.2, -0.15) is 0 Å². The average Bonchev–Trinajstić information content (AvgIpc) is 2.50. The Morgan fingerprint density at radius 2 is 2.14 bits per heavy atom. The summed E-state index contributed by atoms with van der Waals surface area (Å²) in [6.45, 7) is 1.15. The molecule has 1 rings (SSSR count). The number of amides is 1. The lowest BCUT2D eigenvalue weighted by Gasteiger charge is -2.12. The molecule has 0 unspecified atom stereocenters. The van der Waals surface area contributed by atoms with Crippen molar-refractivity contribution in [1.29, 1.82) is 0 Å². The van der Waals surface area contributed by atoms with E-state index in [1.165, 1.54) is 0 Å². The Morgan fingerprint density at radius 3 is 2.76 bits per heavy atom. The molecule has 5 nitrogen and oxygen atoms in total. The summed E-state index contributed by atoms with van der Waals surface area (Å²) in [5.41, 5.74) is 1.80. The van der Waals surface area contributed by atoms with Crippen LogP contribution in [0.1, 0.15) is 15.9 Å². The van der Waals surface area contributed by atoms with Crippen molar-refractivity contribution < 1.29 is 4.79 Å². The molecule has 0 heterocycles. The molecule has 0 aliphatic carbocycles. The van der Waals surface area contributed by atoms with Gasteiger partial charge in [-0.15, -0.1) is 6.42 Å². The van der Waals surface area contributed by atoms with E-state index < -0.39 is 0 Å². The van der Waals surface area contributed by atoms with Crippen LogP contribution in [-0.2, 0) is 6.42 Å². The van der Waals surface area contributed by atoms with Crippen LogP contribution in [0.4, 0.5) is 0 Å². The predicted octanol–water partition coefficient (Wildman–Crippen LogP) is 0.729. The van der Waals surface area contributed by atoms with Crippen LogP contribution in [0.25, 0.3) is 0 Å². The normalized spacial score (nSPS) is 10.7. The van der Waals surface area contributed by atoms with E-state index in [2.05, 4.69) is 21.5 Å². The number of rotatable bonds is 5. The quantitative estimate of drug-likeness (QED) is 0.477. The monoisotopic (exact) mass is 286 g/mol. The second-order valence-electron chi connectivity index (χ2n) is 4.71. The number of benzene rings is 1. The molecule has 0 bridgehead atoms. The molecular formula is C16H22N4O. The number of aliphatic imine (C=N–C) groups is 1. The molecule has 0 radical (unpaired) electrons. The van der Waals surface area contributed by atoms with E-state index in [1.807, 2.05) is 24.3 Å². The lowest BCUT2D eigenvalue weighted by molar-refractivity contribution is 0.0827. The molecule has 21 heavy (non-hydrogen) atoms. The number of nitrogens with zero attached hydrogens (tertiary/aromatic N) is 2. The topological polar surface area (TPSA) is 56.7 Å². The standard InChI is InChI=1S/C16H22N4O/c1-5-10-18-16(17-2)19-11-9-13-7-6-8-14(12-13)15(21)20(3)4/h1,6-8,12H,9-11H2,2-4H3,(H2,17,18,19). The van der Waals surface area contributed by atoms with Crippen LogP contribution in [0, 0.1) is 12.3 Å². The van der Waals surface area contributed by atoms with Crippen molar-refractivity contribution in [2.24, 2.45) is 4.99 Å². The molecular weight excluding hydrogens is 264 g/mol. The molecule has 0 fully saturated rings. The molecule has 0 aromatic heterocycles. The van der Waals surface area contributed by atoms with Gasteiger partial charge in [-0.05, 0) is 24.1 Å². The van der Waals surface area contributed by atoms with Gasteiger partial charge in [0.25, 0.3) is 5.91 Å². The maximum Gasteiger partial charge on any atom is 0.253 e. The van der Waals surface area contributed by atoms with Crippen molar-refractivity contribution in [3.8, 4) is 12.3 Å². The highest BCUT2D eigenvalue weighted by Gasteiger charge is 2.08. The first kappa shape index (κ1) is 16.6. The zero-order valence-electron chi connectivity index (χ0n) is 12.8. The first-order valence-electron chi connectivity index (χ1n) is 6.77. The van der Waals surface area contributed by atoms with Gasteiger partial charge in [0.15, 0.2) is 5.96 Å². The van der Waals surface area contributed by atoms with Gasteiger partial charge in [0.2, 0.25) is 0 Å². The Balaban J connectivity index is 2.55. The summed E-state index contributed by atoms with van der Waals surface area (Å²) >= 11 is 0. The van der Waals surface area contributed by atoms with Crippen molar-refractivity contribution in [2.45, 2.75) is 6.42 Å². The first-order chi connectivity index (χ1) is 10.1. The van der Waals surface area contributed by atoms with Crippen LogP contribution in [0.2, 0.25) is 0 Å². The summed E-state index contributed by atoms with van der Waals surface area (Å²) in [4.78, 5) is 17.5. The summed E-state index contributed by atoms with van der Waals surface area (Å²) in [5, 5.41) is 6.16. The van der Waals surface area contributed by atoms with Gasteiger partial charge < -0.3 is 15.5 Å². The van der Waals surface area contributed by atoms with Crippen LogP contribution >= 0.6 is 0 Å². The van der Waals surface area contributed by atoms with Crippen LogP contribution in [-0.4, -0.2) is 51.0 Å². The number of hydrogen-bond acceptors (Lipinski definition) is 2. The van der Waals surface area contributed by atoms with E-state index in [0.717, 1.165) is 12.0 Å². The summed E-state index contributed by atoms with van der Waals surface area (Å²) in [6, 6.07) is 7.65. The SMILES string of the molecule is C#CCNC(=NC)NCCc1cccc(C(=O)N(C)C)c1. The van der Waals surface area contributed by atoms with Crippen LogP contribution < -0.4 is 10.6 Å². The second-order valence-corrected chi connectivity index (χ2v) is 4.71. The molecule has 0 aliphatic rings. The zero-order valence-corrected chi connectivity index (χ0v) is 12.8. The van der Waals surface area contributed by atoms with Gasteiger partial charge in [0.1, 0.15) is 0 Å². The van der Waals surface area contributed by atoms with E-state index in [9.17, 15) is 4.79 Å². The third-order valence-electron chi connectivity index (χ3n) is 2.87. The number of carbonyl (C=O) groups excluding carboxylic acids is 1. The number of guanidine groups is 1. The predicted molar refractivity (Wildman–Crippen MR) is 86.4 cm³/mol. The average molecular weight is 286 g/mol. The summed E-state index contributed by atoms with van der Waals surface area (Å²) in [5.74, 6) is 3.18. The highest BCUT2D eigenvalue weighted by molar-refractivity contribution is 5.94. The summed E-state index contributed by atoms with van der Waals surface area (Å²) in [6.07, 6.45) is 5.99. The molecule has 1 aromatic carbocycles. The van der Waals surface area contributed by atoms with E-state index in [-0.39, 0.29) is 5.91 Å². The maximum atomic E-state index is 11.9. The molecule has 1 aromatic rings. The summed E-state index contributed by atoms with van der Waals surface area (Å²) in [7, 11) is 5.19. The molecule has 0 spiro atoms. The summed E-state index contributed by atoms with van der Waals surface area (Å²) < 4.78 is 0. The molecule has 5 heteroatoms. The highest BCUT2D eigenvalue weighted by Crippen LogP contribution is 2.07. The van der Waals surface area contributed by atoms with Crippen molar-refractivity contribution >= 4 is 11.9 Å². The largest absolute Gasteiger partial charge is 0.356 e. The van der Waals surface area contributed by atoms with Gasteiger partial charge in [0.05, 0.1) is 6.54 Å². The van der Waals surface area contributed by atoms with Gasteiger partial charge in [0, 0.05) is 33.3 Å². The number of terminal acetylenes is 1. The Labute approximate surface area is 126 Å².